The summed E-state index contributed by atoms with van der Waals surface area (Å²) >= 11 is 0. The van der Waals surface area contributed by atoms with Gasteiger partial charge in [-0.25, -0.2) is 4.79 Å². The fourth-order valence-electron chi connectivity index (χ4n) is 2.62. The lowest BCUT2D eigenvalue weighted by molar-refractivity contribution is 0.0696. The number of aryl methyl sites for hydroxylation is 2. The zero-order chi connectivity index (χ0) is 15.6. The van der Waals surface area contributed by atoms with Gasteiger partial charge < -0.3 is 14.8 Å². The van der Waals surface area contributed by atoms with E-state index in [0.717, 1.165) is 11.1 Å². The summed E-state index contributed by atoms with van der Waals surface area (Å²) in [7, 11) is 0. The monoisotopic (exact) mass is 289 g/mol. The second-order valence-corrected chi connectivity index (χ2v) is 5.06. The maximum atomic E-state index is 11.8. The summed E-state index contributed by atoms with van der Waals surface area (Å²) in [4.78, 5) is 23.1. The number of carboxylic acids is 1. The van der Waals surface area contributed by atoms with Crippen molar-refractivity contribution in [2.75, 3.05) is 6.61 Å². The van der Waals surface area contributed by atoms with E-state index in [2.05, 4.69) is 0 Å². The second-order valence-electron chi connectivity index (χ2n) is 5.06. The Bertz CT molecular complexity index is 700. The van der Waals surface area contributed by atoms with Crippen molar-refractivity contribution in [1.82, 2.24) is 4.57 Å². The first kappa shape index (κ1) is 15.3. The Kier molecular flexibility index (Phi) is 4.43. The summed E-state index contributed by atoms with van der Waals surface area (Å²) in [6.07, 6.45) is 3.02. The van der Waals surface area contributed by atoms with Gasteiger partial charge in [0.15, 0.2) is 5.78 Å². The van der Waals surface area contributed by atoms with Crippen molar-refractivity contribution >= 4 is 22.7 Å². The summed E-state index contributed by atoms with van der Waals surface area (Å²) in [6.45, 7) is 4.10. The van der Waals surface area contributed by atoms with Crippen LogP contribution in [-0.2, 0) is 13.0 Å². The van der Waals surface area contributed by atoms with Gasteiger partial charge in [0.1, 0.15) is 0 Å². The van der Waals surface area contributed by atoms with Crippen molar-refractivity contribution in [1.29, 1.82) is 0 Å². The number of rotatable bonds is 6. The molecule has 0 spiro atoms. The minimum Gasteiger partial charge on any atom is -0.478 e. The number of carbonyl (C=O) groups excluding carboxylic acids is 1. The topological polar surface area (TPSA) is 79.5 Å². The Morgan fingerprint density at radius 1 is 1.29 bits per heavy atom. The molecule has 0 saturated heterocycles. The smallest absolute Gasteiger partial charge is 0.335 e. The van der Waals surface area contributed by atoms with Gasteiger partial charge in [-0.2, -0.15) is 0 Å². The van der Waals surface area contributed by atoms with E-state index in [-0.39, 0.29) is 18.0 Å². The van der Waals surface area contributed by atoms with Crippen LogP contribution in [0.15, 0.2) is 18.3 Å². The van der Waals surface area contributed by atoms with Crippen molar-refractivity contribution in [3.63, 3.8) is 0 Å². The average molecular weight is 289 g/mol. The third-order valence-corrected chi connectivity index (χ3v) is 3.62. The van der Waals surface area contributed by atoms with Crippen molar-refractivity contribution in [3.05, 3.63) is 35.0 Å². The predicted octanol–water partition coefficient (Wildman–Crippen LogP) is 2.49. The molecule has 2 aromatic rings. The number of aromatic carboxylic acids is 1. The van der Waals surface area contributed by atoms with E-state index in [1.54, 1.807) is 18.3 Å². The molecule has 0 aliphatic carbocycles. The average Bonchev–Trinajstić information content (AvgIpc) is 2.83. The summed E-state index contributed by atoms with van der Waals surface area (Å²) in [5, 5.41) is 18.9. The number of carboxylic acid groups (broad SMARTS) is 1. The number of benzene rings is 1. The third kappa shape index (κ3) is 2.83. The highest BCUT2D eigenvalue weighted by Crippen LogP contribution is 2.28. The molecule has 0 bridgehead atoms. The molecule has 5 heteroatoms. The van der Waals surface area contributed by atoms with Crippen LogP contribution in [0, 0.1) is 0 Å². The van der Waals surface area contributed by atoms with E-state index in [9.17, 15) is 14.7 Å². The van der Waals surface area contributed by atoms with E-state index in [1.807, 2.05) is 11.5 Å². The maximum absolute atomic E-state index is 11.8. The molecule has 2 N–H and O–H groups in total. The Labute approximate surface area is 122 Å². The molecule has 0 amide bonds. The fraction of sp³-hybridized carbons (Fsp3) is 0.375. The van der Waals surface area contributed by atoms with Crippen molar-refractivity contribution in [2.45, 2.75) is 33.2 Å². The lowest BCUT2D eigenvalue weighted by atomic mass is 10.0. The Morgan fingerprint density at radius 3 is 2.52 bits per heavy atom. The summed E-state index contributed by atoms with van der Waals surface area (Å²) in [5.41, 5.74) is 2.51. The molecule has 112 valence electrons. The minimum absolute atomic E-state index is 0.0732. The van der Waals surface area contributed by atoms with Crippen LogP contribution in [0.3, 0.4) is 0 Å². The van der Waals surface area contributed by atoms with Crippen LogP contribution in [0.2, 0.25) is 0 Å². The number of ketones is 1. The molecule has 5 nitrogen and oxygen atoms in total. The maximum Gasteiger partial charge on any atom is 0.335 e. The highest BCUT2D eigenvalue weighted by atomic mass is 16.4. The van der Waals surface area contributed by atoms with Crippen LogP contribution in [0.25, 0.3) is 10.9 Å². The Balaban J connectivity index is 2.76. The van der Waals surface area contributed by atoms with Gasteiger partial charge in [-0.05, 0) is 37.5 Å². The van der Waals surface area contributed by atoms with Gasteiger partial charge in [-0.3, -0.25) is 4.79 Å². The first-order chi connectivity index (χ1) is 9.99. The largest absolute Gasteiger partial charge is 0.478 e. The first-order valence-electron chi connectivity index (χ1n) is 7.00. The number of aliphatic hydroxyl groups is 1. The second kappa shape index (κ2) is 6.10. The molecule has 0 radical (unpaired) electrons. The molecule has 1 aromatic heterocycles. The lowest BCUT2D eigenvalue weighted by Gasteiger charge is -2.09. The molecular weight excluding hydrogens is 270 g/mol. The molecule has 1 heterocycles. The molecule has 0 fully saturated rings. The fourth-order valence-corrected chi connectivity index (χ4v) is 2.62. The van der Waals surface area contributed by atoms with Crippen LogP contribution in [-0.4, -0.2) is 33.1 Å². The standard InChI is InChI=1S/C16H19NO4/c1-3-11-7-12(16(20)21)8-13-14(10(2)19)9-17(15(11)13)5-4-6-18/h7-9,18H,3-6H2,1-2H3,(H,20,21). The number of aromatic nitrogens is 1. The van der Waals surface area contributed by atoms with Crippen LogP contribution < -0.4 is 0 Å². The van der Waals surface area contributed by atoms with Crippen LogP contribution in [0.4, 0.5) is 0 Å². The molecular formula is C16H19NO4. The van der Waals surface area contributed by atoms with Crippen LogP contribution in [0.5, 0.6) is 0 Å². The normalized spacial score (nSPS) is 11.0. The first-order valence-corrected chi connectivity index (χ1v) is 7.00. The molecule has 2 rings (SSSR count). The van der Waals surface area contributed by atoms with Crippen molar-refractivity contribution in [3.8, 4) is 0 Å². The summed E-state index contributed by atoms with van der Waals surface area (Å²) < 4.78 is 1.94. The third-order valence-electron chi connectivity index (χ3n) is 3.62. The predicted molar refractivity (Wildman–Crippen MR) is 80.0 cm³/mol. The molecule has 0 saturated carbocycles. The Morgan fingerprint density at radius 2 is 2.00 bits per heavy atom. The molecule has 0 unspecified atom stereocenters. The minimum atomic E-state index is -0.996. The number of fused-ring (bicyclic) bond motifs is 1. The van der Waals surface area contributed by atoms with Gasteiger partial charge in [0.25, 0.3) is 0 Å². The van der Waals surface area contributed by atoms with Crippen LogP contribution >= 0.6 is 0 Å². The van der Waals surface area contributed by atoms with Crippen LogP contribution in [0.1, 0.15) is 46.5 Å². The zero-order valence-electron chi connectivity index (χ0n) is 12.2. The quantitative estimate of drug-likeness (QED) is 0.801. The van der Waals surface area contributed by atoms with Gasteiger partial charge in [-0.15, -0.1) is 0 Å². The van der Waals surface area contributed by atoms with E-state index in [4.69, 9.17) is 5.11 Å². The van der Waals surface area contributed by atoms with E-state index in [0.29, 0.717) is 30.3 Å². The van der Waals surface area contributed by atoms with Gasteiger partial charge in [0, 0.05) is 30.3 Å². The molecule has 21 heavy (non-hydrogen) atoms. The SMILES string of the molecule is CCc1cc(C(=O)O)cc2c(C(C)=O)cn(CCCO)c12. The highest BCUT2D eigenvalue weighted by molar-refractivity contribution is 6.09. The van der Waals surface area contributed by atoms with Gasteiger partial charge in [0.05, 0.1) is 11.1 Å². The van der Waals surface area contributed by atoms with E-state index in [1.165, 1.54) is 6.92 Å². The molecule has 0 atom stereocenters. The Hall–Kier alpha value is -2.14. The number of hydrogen-bond acceptors (Lipinski definition) is 3. The van der Waals surface area contributed by atoms with E-state index >= 15 is 0 Å². The van der Waals surface area contributed by atoms with Gasteiger partial charge >= 0.3 is 5.97 Å². The summed E-state index contributed by atoms with van der Waals surface area (Å²) in [6, 6.07) is 3.22. The number of aliphatic hydroxyl groups excluding tert-OH is 1. The number of carbonyl (C=O) groups is 2. The number of Topliss-reactive ketones (excluding diaryl/α,β-unsaturated/α-hetero) is 1. The zero-order valence-corrected chi connectivity index (χ0v) is 12.2. The van der Waals surface area contributed by atoms with Gasteiger partial charge in [-0.1, -0.05) is 6.92 Å². The molecule has 0 aliphatic heterocycles. The van der Waals surface area contributed by atoms with Gasteiger partial charge in [0.2, 0.25) is 0 Å². The number of nitrogens with zero attached hydrogens (tertiary/aromatic N) is 1. The molecule has 1 aromatic carbocycles. The summed E-state index contributed by atoms with van der Waals surface area (Å²) in [5.74, 6) is -1.09. The number of hydrogen-bond donors (Lipinski definition) is 2. The van der Waals surface area contributed by atoms with E-state index < -0.39 is 5.97 Å². The van der Waals surface area contributed by atoms with Crippen molar-refractivity contribution < 1.29 is 19.8 Å². The lowest BCUT2D eigenvalue weighted by Crippen LogP contribution is -2.02. The highest BCUT2D eigenvalue weighted by Gasteiger charge is 2.17. The van der Waals surface area contributed by atoms with Crippen molar-refractivity contribution in [2.24, 2.45) is 0 Å². The molecule has 0 aliphatic rings.